The first-order valence-corrected chi connectivity index (χ1v) is 15.7. The van der Waals surface area contributed by atoms with Gasteiger partial charge in [0, 0.05) is 42.0 Å². The van der Waals surface area contributed by atoms with Gasteiger partial charge in [-0.15, -0.1) is 0 Å². The van der Waals surface area contributed by atoms with Crippen molar-refractivity contribution in [2.45, 2.75) is 38.8 Å². The van der Waals surface area contributed by atoms with Crippen LogP contribution in [0.1, 0.15) is 30.9 Å². The lowest BCUT2D eigenvalue weighted by Gasteiger charge is -2.32. The largest absolute Gasteiger partial charge is 0.355 e. The van der Waals surface area contributed by atoms with Crippen LogP contribution >= 0.6 is 27.5 Å². The molecule has 0 heterocycles. The molecular formula is C29H33BrClN3O4S. The summed E-state index contributed by atoms with van der Waals surface area (Å²) in [5, 5.41) is 3.30. The summed E-state index contributed by atoms with van der Waals surface area (Å²) in [7, 11) is -3.60. The van der Waals surface area contributed by atoms with Crippen LogP contribution in [-0.4, -0.2) is 50.5 Å². The van der Waals surface area contributed by atoms with Crippen molar-refractivity contribution >= 4 is 55.1 Å². The molecule has 0 saturated carbocycles. The minimum atomic E-state index is -3.60. The van der Waals surface area contributed by atoms with Crippen molar-refractivity contribution in [3.8, 4) is 0 Å². The van der Waals surface area contributed by atoms with Crippen molar-refractivity contribution < 1.29 is 18.0 Å². The molecule has 0 aromatic heterocycles. The maximum absolute atomic E-state index is 13.7. The minimum absolute atomic E-state index is 0.0633. The Morgan fingerprint density at radius 2 is 1.67 bits per heavy atom. The molecule has 0 radical (unpaired) electrons. The Hall–Kier alpha value is -2.88. The predicted molar refractivity (Wildman–Crippen MR) is 160 cm³/mol. The van der Waals surface area contributed by atoms with Crippen LogP contribution in [0.25, 0.3) is 0 Å². The number of amides is 2. The highest BCUT2D eigenvalue weighted by molar-refractivity contribution is 9.10. The molecule has 2 amide bonds. The third-order valence-electron chi connectivity index (χ3n) is 6.14. The van der Waals surface area contributed by atoms with Gasteiger partial charge in [-0.1, -0.05) is 76.1 Å². The number of likely N-dealkylation sites (N-methyl/N-ethyl adjacent to an activating group) is 1. The molecule has 0 saturated heterocycles. The Morgan fingerprint density at radius 3 is 2.28 bits per heavy atom. The summed E-state index contributed by atoms with van der Waals surface area (Å²) < 4.78 is 27.2. The Labute approximate surface area is 244 Å². The van der Waals surface area contributed by atoms with Gasteiger partial charge in [0.1, 0.15) is 6.04 Å². The lowest BCUT2D eigenvalue weighted by Crippen LogP contribution is -2.50. The summed E-state index contributed by atoms with van der Waals surface area (Å²) in [6.45, 7) is 2.62. The first-order chi connectivity index (χ1) is 18.6. The number of nitrogens with one attached hydrogen (secondary N) is 1. The van der Waals surface area contributed by atoms with Crippen LogP contribution in [0.3, 0.4) is 0 Å². The van der Waals surface area contributed by atoms with Gasteiger partial charge in [-0.2, -0.15) is 0 Å². The second-order valence-electron chi connectivity index (χ2n) is 9.17. The Kier molecular flexibility index (Phi) is 11.4. The zero-order chi connectivity index (χ0) is 28.4. The van der Waals surface area contributed by atoms with Crippen molar-refractivity contribution in [3.05, 3.63) is 99.5 Å². The topological polar surface area (TPSA) is 86.8 Å². The fourth-order valence-corrected chi connectivity index (χ4v) is 5.67. The molecule has 0 fully saturated rings. The van der Waals surface area contributed by atoms with Crippen molar-refractivity contribution in [3.63, 3.8) is 0 Å². The predicted octanol–water partition coefficient (Wildman–Crippen LogP) is 5.42. The van der Waals surface area contributed by atoms with Crippen LogP contribution in [0.15, 0.2) is 83.3 Å². The molecule has 3 aromatic carbocycles. The first kappa shape index (κ1) is 30.7. The van der Waals surface area contributed by atoms with Gasteiger partial charge in [0.05, 0.1) is 11.9 Å². The monoisotopic (exact) mass is 633 g/mol. The van der Waals surface area contributed by atoms with E-state index in [1.807, 2.05) is 61.5 Å². The van der Waals surface area contributed by atoms with Gasteiger partial charge in [-0.25, -0.2) is 8.42 Å². The Balaban J connectivity index is 1.85. The average molecular weight is 635 g/mol. The van der Waals surface area contributed by atoms with Gasteiger partial charge < -0.3 is 10.2 Å². The standard InChI is InChI=1S/C29H33BrClN3O4S/c1-3-32-29(36)27(19-22-9-5-4-6-10-22)33(21-23-14-16-24(30)17-15-23)28(35)13-8-18-34(39(2,37)38)26-12-7-11-25(31)20-26/h4-7,9-12,14-17,20,27H,3,8,13,18-19,21H2,1-2H3,(H,32,36). The number of anilines is 1. The fourth-order valence-electron chi connectivity index (χ4n) is 4.27. The summed E-state index contributed by atoms with van der Waals surface area (Å²) in [6, 6.07) is 23.0. The van der Waals surface area contributed by atoms with E-state index < -0.39 is 16.1 Å². The van der Waals surface area contributed by atoms with Crippen LogP contribution in [0.5, 0.6) is 0 Å². The molecule has 1 atom stereocenters. The number of benzene rings is 3. The summed E-state index contributed by atoms with van der Waals surface area (Å²) >= 11 is 9.52. The lowest BCUT2D eigenvalue weighted by atomic mass is 10.0. The van der Waals surface area contributed by atoms with E-state index in [4.69, 9.17) is 11.6 Å². The molecule has 0 aliphatic heterocycles. The number of sulfonamides is 1. The molecular weight excluding hydrogens is 602 g/mol. The second kappa shape index (κ2) is 14.5. The highest BCUT2D eigenvalue weighted by Gasteiger charge is 2.30. The smallest absolute Gasteiger partial charge is 0.243 e. The quantitative estimate of drug-likeness (QED) is 0.272. The fraction of sp³-hybridized carbons (Fsp3) is 0.310. The second-order valence-corrected chi connectivity index (χ2v) is 12.4. The average Bonchev–Trinajstić information content (AvgIpc) is 2.89. The van der Waals surface area contributed by atoms with Gasteiger partial charge in [0.25, 0.3) is 0 Å². The summed E-state index contributed by atoms with van der Waals surface area (Å²) in [6.07, 6.45) is 1.81. The number of carbonyl (C=O) groups excluding carboxylic acids is 2. The van der Waals surface area contributed by atoms with Crippen LogP contribution < -0.4 is 9.62 Å². The summed E-state index contributed by atoms with van der Waals surface area (Å²) in [4.78, 5) is 28.6. The molecule has 10 heteroatoms. The maximum Gasteiger partial charge on any atom is 0.243 e. The van der Waals surface area contributed by atoms with Gasteiger partial charge >= 0.3 is 0 Å². The number of nitrogens with zero attached hydrogens (tertiary/aromatic N) is 2. The zero-order valence-corrected chi connectivity index (χ0v) is 25.2. The SMILES string of the molecule is CCNC(=O)C(Cc1ccccc1)N(Cc1ccc(Br)cc1)C(=O)CCCN(c1cccc(Cl)c1)S(C)(=O)=O. The number of rotatable bonds is 13. The Morgan fingerprint density at radius 1 is 0.974 bits per heavy atom. The molecule has 0 bridgehead atoms. The van der Waals surface area contributed by atoms with E-state index in [9.17, 15) is 18.0 Å². The van der Waals surface area contributed by atoms with E-state index in [1.165, 1.54) is 4.31 Å². The number of halogens is 2. The third kappa shape index (κ3) is 9.37. The molecule has 7 nitrogen and oxygen atoms in total. The maximum atomic E-state index is 13.7. The third-order valence-corrected chi connectivity index (χ3v) is 8.09. The van der Waals surface area contributed by atoms with Crippen molar-refractivity contribution in [2.75, 3.05) is 23.7 Å². The van der Waals surface area contributed by atoms with E-state index >= 15 is 0 Å². The normalized spacial score (nSPS) is 12.0. The van der Waals surface area contributed by atoms with E-state index in [1.54, 1.807) is 29.2 Å². The molecule has 208 valence electrons. The van der Waals surface area contributed by atoms with Crippen LogP contribution in [0, 0.1) is 0 Å². The van der Waals surface area contributed by atoms with Gasteiger partial charge in [-0.05, 0) is 54.8 Å². The number of hydrogen-bond acceptors (Lipinski definition) is 4. The number of carbonyl (C=O) groups is 2. The molecule has 1 unspecified atom stereocenters. The van der Waals surface area contributed by atoms with Crippen LogP contribution in [0.2, 0.25) is 5.02 Å². The van der Waals surface area contributed by atoms with E-state index in [0.29, 0.717) is 23.7 Å². The van der Waals surface area contributed by atoms with Crippen LogP contribution in [0.4, 0.5) is 5.69 Å². The van der Waals surface area contributed by atoms with Crippen LogP contribution in [-0.2, 0) is 32.6 Å². The molecule has 1 N–H and O–H groups in total. The summed E-state index contributed by atoms with van der Waals surface area (Å²) in [5.74, 6) is -0.465. The van der Waals surface area contributed by atoms with E-state index in [2.05, 4.69) is 21.2 Å². The van der Waals surface area contributed by atoms with Gasteiger partial charge in [-0.3, -0.25) is 13.9 Å². The molecule has 3 aromatic rings. The minimum Gasteiger partial charge on any atom is -0.355 e. The number of hydrogen-bond donors (Lipinski definition) is 1. The van der Waals surface area contributed by atoms with Crippen molar-refractivity contribution in [1.29, 1.82) is 0 Å². The van der Waals surface area contributed by atoms with E-state index in [0.717, 1.165) is 21.9 Å². The molecule has 0 aliphatic carbocycles. The first-order valence-electron chi connectivity index (χ1n) is 12.7. The highest BCUT2D eigenvalue weighted by Crippen LogP contribution is 2.23. The van der Waals surface area contributed by atoms with Gasteiger partial charge in [0.15, 0.2) is 0 Å². The summed E-state index contributed by atoms with van der Waals surface area (Å²) in [5.41, 5.74) is 2.26. The van der Waals surface area contributed by atoms with Crippen molar-refractivity contribution in [1.82, 2.24) is 10.2 Å². The molecule has 0 spiro atoms. The highest BCUT2D eigenvalue weighted by atomic mass is 79.9. The lowest BCUT2D eigenvalue weighted by molar-refractivity contribution is -0.141. The molecule has 0 aliphatic rings. The Bertz CT molecular complexity index is 1350. The zero-order valence-electron chi connectivity index (χ0n) is 22.0. The molecule has 3 rings (SSSR count). The van der Waals surface area contributed by atoms with E-state index in [-0.39, 0.29) is 37.7 Å². The van der Waals surface area contributed by atoms with Gasteiger partial charge in [0.2, 0.25) is 21.8 Å². The molecule has 39 heavy (non-hydrogen) atoms. The van der Waals surface area contributed by atoms with Crippen molar-refractivity contribution in [2.24, 2.45) is 0 Å².